The lowest BCUT2D eigenvalue weighted by Gasteiger charge is -2.29. The van der Waals surface area contributed by atoms with Gasteiger partial charge >= 0.3 is 5.97 Å². The van der Waals surface area contributed by atoms with Gasteiger partial charge < -0.3 is 9.63 Å². The van der Waals surface area contributed by atoms with Gasteiger partial charge in [-0.05, 0) is 67.0 Å². The molecule has 0 bridgehead atoms. The van der Waals surface area contributed by atoms with E-state index in [0.717, 1.165) is 45.8 Å². The van der Waals surface area contributed by atoms with E-state index in [1.807, 2.05) is 38.2 Å². The second-order valence-electron chi connectivity index (χ2n) is 8.96. The van der Waals surface area contributed by atoms with E-state index in [9.17, 15) is 9.90 Å². The van der Waals surface area contributed by atoms with Crippen molar-refractivity contribution in [2.24, 2.45) is 5.92 Å². The van der Waals surface area contributed by atoms with Gasteiger partial charge in [-0.1, -0.05) is 60.6 Å². The first-order valence-electron chi connectivity index (χ1n) is 11.5. The molecule has 5 rings (SSSR count). The van der Waals surface area contributed by atoms with Crippen LogP contribution in [0.5, 0.6) is 0 Å². The third kappa shape index (κ3) is 3.94. The molecule has 2 atom stereocenters. The monoisotopic (exact) mass is 450 g/mol. The minimum atomic E-state index is -0.928. The highest BCUT2D eigenvalue weighted by molar-refractivity contribution is 5.89. The molecule has 0 unspecified atom stereocenters. The first-order chi connectivity index (χ1) is 16.4. The topological polar surface area (TPSA) is 76.2 Å². The highest BCUT2D eigenvalue weighted by atomic mass is 16.5. The highest BCUT2D eigenvalue weighted by Gasteiger charge is 2.27. The normalized spacial score (nSPS) is 16.0. The van der Waals surface area contributed by atoms with Crippen LogP contribution < -0.4 is 0 Å². The number of aromatic carboxylic acids is 1. The molecule has 2 aromatic carbocycles. The Morgan fingerprint density at radius 2 is 1.79 bits per heavy atom. The smallest absolute Gasteiger partial charge is 0.335 e. The van der Waals surface area contributed by atoms with Crippen LogP contribution >= 0.6 is 0 Å². The summed E-state index contributed by atoms with van der Waals surface area (Å²) in [7, 11) is 0. The van der Waals surface area contributed by atoms with Crippen LogP contribution in [0.1, 0.15) is 57.0 Å². The van der Waals surface area contributed by atoms with Crippen LogP contribution in [0.25, 0.3) is 16.7 Å². The number of aryl methyl sites for hydroxylation is 2. The third-order valence-electron chi connectivity index (χ3n) is 6.79. The number of aromatic nitrogens is 2. The lowest BCUT2D eigenvalue weighted by atomic mass is 9.76. The van der Waals surface area contributed by atoms with Gasteiger partial charge in [-0.2, -0.15) is 0 Å². The van der Waals surface area contributed by atoms with Crippen LogP contribution in [0.3, 0.4) is 0 Å². The maximum Gasteiger partial charge on any atom is 0.335 e. The van der Waals surface area contributed by atoms with Crippen LogP contribution in [0.15, 0.2) is 77.5 Å². The second-order valence-corrected chi connectivity index (χ2v) is 8.96. The van der Waals surface area contributed by atoms with Gasteiger partial charge in [0.2, 0.25) is 0 Å². The maximum atomic E-state index is 11.4. The number of hydrogen-bond donors (Lipinski definition) is 1. The fourth-order valence-electron chi connectivity index (χ4n) is 4.90. The van der Waals surface area contributed by atoms with Gasteiger partial charge in [0.1, 0.15) is 5.76 Å². The van der Waals surface area contributed by atoms with E-state index >= 15 is 0 Å². The Morgan fingerprint density at radius 1 is 1.06 bits per heavy atom. The van der Waals surface area contributed by atoms with Crippen LogP contribution in [-0.2, 0) is 6.42 Å². The molecule has 1 aliphatic carbocycles. The van der Waals surface area contributed by atoms with Crippen molar-refractivity contribution in [3.8, 4) is 11.1 Å². The van der Waals surface area contributed by atoms with Crippen molar-refractivity contribution in [1.29, 1.82) is 0 Å². The van der Waals surface area contributed by atoms with Crippen molar-refractivity contribution in [3.63, 3.8) is 0 Å². The SMILES string of the molecule is Cc1noc(C)c1-c1cnc2c(c1)C[C@@H]([C@H](C)c1ccccc1)C=C2c1ccc(C(=O)O)cc1. The Hall–Kier alpha value is -3.99. The lowest BCUT2D eigenvalue weighted by molar-refractivity contribution is 0.0697. The molecule has 1 N–H and O–H groups in total. The molecule has 2 heterocycles. The maximum absolute atomic E-state index is 11.4. The average molecular weight is 451 g/mol. The molecule has 0 spiro atoms. The molecule has 5 nitrogen and oxygen atoms in total. The summed E-state index contributed by atoms with van der Waals surface area (Å²) in [6.45, 7) is 6.13. The van der Waals surface area contributed by atoms with E-state index in [1.54, 1.807) is 12.1 Å². The first-order valence-corrected chi connectivity index (χ1v) is 11.5. The number of carbonyl (C=O) groups is 1. The average Bonchev–Trinajstić information content (AvgIpc) is 3.20. The number of hydrogen-bond acceptors (Lipinski definition) is 4. The van der Waals surface area contributed by atoms with E-state index < -0.39 is 5.97 Å². The summed E-state index contributed by atoms with van der Waals surface area (Å²) in [5.74, 6) is 0.433. The van der Waals surface area contributed by atoms with Crippen molar-refractivity contribution >= 4 is 11.5 Å². The Labute approximate surface area is 198 Å². The molecule has 0 radical (unpaired) electrons. The minimum Gasteiger partial charge on any atom is -0.478 e. The van der Waals surface area contributed by atoms with Gasteiger partial charge in [0.25, 0.3) is 0 Å². The van der Waals surface area contributed by atoms with Gasteiger partial charge in [0.15, 0.2) is 0 Å². The Bertz CT molecular complexity index is 1370. The number of benzene rings is 2. The standard InChI is InChI=1S/C29H26N2O3/c1-17(20-7-5-4-6-8-20)23-13-24-14-25(27-18(2)31-34-19(27)3)16-30-28(24)26(15-23)21-9-11-22(12-10-21)29(32)33/h4-12,14-17,23H,13H2,1-3H3,(H,32,33)/t17-,23-/m1/s1. The fraction of sp³-hybridized carbons (Fsp3) is 0.207. The molecule has 4 aromatic rings. The van der Waals surface area contributed by atoms with Crippen molar-refractivity contribution < 1.29 is 14.4 Å². The van der Waals surface area contributed by atoms with Gasteiger partial charge in [0.05, 0.1) is 17.0 Å². The molecule has 1 aliphatic rings. The van der Waals surface area contributed by atoms with Crippen LogP contribution in [0.2, 0.25) is 0 Å². The first kappa shape index (κ1) is 21.8. The summed E-state index contributed by atoms with van der Waals surface area (Å²) in [4.78, 5) is 16.2. The molecular formula is C29H26N2O3. The number of fused-ring (bicyclic) bond motifs is 1. The van der Waals surface area contributed by atoms with E-state index in [1.165, 1.54) is 11.1 Å². The number of nitrogens with zero attached hydrogens (tertiary/aromatic N) is 2. The molecule has 0 fully saturated rings. The predicted octanol–water partition coefficient (Wildman–Crippen LogP) is 6.46. The van der Waals surface area contributed by atoms with Gasteiger partial charge in [-0.15, -0.1) is 0 Å². The minimum absolute atomic E-state index is 0.269. The molecule has 34 heavy (non-hydrogen) atoms. The summed E-state index contributed by atoms with van der Waals surface area (Å²) in [5.41, 5.74) is 8.53. The van der Waals surface area contributed by atoms with E-state index in [4.69, 9.17) is 9.51 Å². The molecule has 0 aliphatic heterocycles. The van der Waals surface area contributed by atoms with Crippen LogP contribution in [-0.4, -0.2) is 21.2 Å². The molecule has 0 amide bonds. The van der Waals surface area contributed by atoms with Crippen molar-refractivity contribution in [3.05, 3.63) is 112 Å². The van der Waals surface area contributed by atoms with Gasteiger partial charge in [-0.3, -0.25) is 4.98 Å². The lowest BCUT2D eigenvalue weighted by Crippen LogP contribution is -2.18. The van der Waals surface area contributed by atoms with E-state index in [2.05, 4.69) is 48.5 Å². The zero-order valence-corrected chi connectivity index (χ0v) is 19.4. The summed E-state index contributed by atoms with van der Waals surface area (Å²) in [6.07, 6.45) is 5.05. The Kier molecular flexibility index (Phi) is 5.62. The van der Waals surface area contributed by atoms with Crippen molar-refractivity contribution in [2.75, 3.05) is 0 Å². The highest BCUT2D eigenvalue weighted by Crippen LogP contribution is 2.40. The largest absolute Gasteiger partial charge is 0.478 e. The van der Waals surface area contributed by atoms with Crippen molar-refractivity contribution in [2.45, 2.75) is 33.1 Å². The van der Waals surface area contributed by atoms with E-state index in [0.29, 0.717) is 5.92 Å². The summed E-state index contributed by atoms with van der Waals surface area (Å²) in [5, 5.41) is 13.4. The number of carboxylic acids is 1. The zero-order chi connectivity index (χ0) is 23.8. The zero-order valence-electron chi connectivity index (χ0n) is 19.4. The molecule has 2 aromatic heterocycles. The summed E-state index contributed by atoms with van der Waals surface area (Å²) < 4.78 is 5.39. The fourth-order valence-corrected chi connectivity index (χ4v) is 4.90. The molecule has 5 heteroatoms. The molecular weight excluding hydrogens is 424 g/mol. The number of carboxylic acid groups (broad SMARTS) is 1. The third-order valence-corrected chi connectivity index (χ3v) is 6.79. The number of pyridine rings is 1. The van der Waals surface area contributed by atoms with E-state index in [-0.39, 0.29) is 11.5 Å². The van der Waals surface area contributed by atoms with Gasteiger partial charge in [-0.25, -0.2) is 4.79 Å². The summed E-state index contributed by atoms with van der Waals surface area (Å²) in [6, 6.07) is 19.8. The van der Waals surface area contributed by atoms with Crippen LogP contribution in [0.4, 0.5) is 0 Å². The van der Waals surface area contributed by atoms with Crippen molar-refractivity contribution in [1.82, 2.24) is 10.1 Å². The second kappa shape index (κ2) is 8.75. The van der Waals surface area contributed by atoms with Crippen LogP contribution in [0, 0.1) is 19.8 Å². The quantitative estimate of drug-likeness (QED) is 0.378. The molecule has 170 valence electrons. The molecule has 0 saturated heterocycles. The Balaban J connectivity index is 1.62. The van der Waals surface area contributed by atoms with Gasteiger partial charge in [0, 0.05) is 22.9 Å². The Morgan fingerprint density at radius 3 is 2.44 bits per heavy atom. The number of allylic oxidation sites excluding steroid dienone is 1. The predicted molar refractivity (Wildman–Crippen MR) is 132 cm³/mol. The molecule has 0 saturated carbocycles. The summed E-state index contributed by atoms with van der Waals surface area (Å²) >= 11 is 0. The number of rotatable bonds is 5.